The molecule has 42 heavy (non-hydrogen) atoms. The molecule has 0 heterocycles. The number of carbonyl (C=O) groups is 1. The van der Waals surface area contributed by atoms with Gasteiger partial charge in [0, 0.05) is 23.8 Å². The van der Waals surface area contributed by atoms with Gasteiger partial charge in [0.1, 0.15) is 4.90 Å². The van der Waals surface area contributed by atoms with Gasteiger partial charge in [-0.1, -0.05) is 55.8 Å². The zero-order chi connectivity index (χ0) is 31.0. The second kappa shape index (κ2) is 12.0. The molecule has 0 unspecified atom stereocenters. The Balaban J connectivity index is 1.70. The van der Waals surface area contributed by atoms with Gasteiger partial charge in [-0.3, -0.25) is 9.35 Å². The summed E-state index contributed by atoms with van der Waals surface area (Å²) in [6.07, 6.45) is 3.54. The zero-order valence-corrected chi connectivity index (χ0v) is 26.5. The van der Waals surface area contributed by atoms with Gasteiger partial charge in [-0.25, -0.2) is 8.42 Å². The van der Waals surface area contributed by atoms with Gasteiger partial charge in [0.25, 0.3) is 16.0 Å². The molecule has 0 aliphatic heterocycles. The molecule has 9 heteroatoms. The molecule has 1 amide bonds. The number of nitrogens with one attached hydrogen (secondary N) is 1. The molecule has 2 N–H and O–H groups in total. The first kappa shape index (κ1) is 31.4. The molecule has 222 valence electrons. The van der Waals surface area contributed by atoms with E-state index in [1.165, 1.54) is 0 Å². The normalized spacial score (nSPS) is 12.1. The number of rotatable bonds is 9. The van der Waals surface area contributed by atoms with E-state index in [9.17, 15) is 26.2 Å². The van der Waals surface area contributed by atoms with Crippen molar-refractivity contribution in [1.82, 2.24) is 5.32 Å². The first-order chi connectivity index (χ1) is 19.6. The lowest BCUT2D eigenvalue weighted by Gasteiger charge is -2.17. The van der Waals surface area contributed by atoms with Crippen LogP contribution in [0.3, 0.4) is 0 Å². The van der Waals surface area contributed by atoms with Crippen molar-refractivity contribution in [3.05, 3.63) is 93.5 Å². The quantitative estimate of drug-likeness (QED) is 0.165. The standard InChI is InChI=1S/C33H37NO6S2/c1-7-8-15-34-33(35)28-13-12-27(17-21(28)3)26-10-9-24(20(2)16-26)18-25-11-14-29-31(42(38,39)40)19-30(41(6,36)37)23(5)32(29)22(25)4/h9-14,16-17,19H,7-8,15,18H2,1-6H3,(H,34,35)(H,38,39,40). The number of fused-ring (bicyclic) bond motifs is 1. The Bertz CT molecular complexity index is 1930. The van der Waals surface area contributed by atoms with Gasteiger partial charge in [0.05, 0.1) is 4.90 Å². The van der Waals surface area contributed by atoms with Crippen molar-refractivity contribution < 1.29 is 26.2 Å². The number of sulfone groups is 1. The topological polar surface area (TPSA) is 118 Å². The number of hydrogen-bond donors (Lipinski definition) is 2. The molecule has 0 saturated heterocycles. The second-order valence-electron chi connectivity index (χ2n) is 11.0. The summed E-state index contributed by atoms with van der Waals surface area (Å²) in [6, 6.07) is 16.5. The summed E-state index contributed by atoms with van der Waals surface area (Å²) in [6.45, 7) is 10.2. The number of unbranched alkanes of at least 4 members (excludes halogenated alkanes) is 1. The summed E-state index contributed by atoms with van der Waals surface area (Å²) < 4.78 is 59.2. The van der Waals surface area contributed by atoms with E-state index in [-0.39, 0.29) is 16.2 Å². The maximum absolute atomic E-state index is 12.5. The molecular weight excluding hydrogens is 570 g/mol. The van der Waals surface area contributed by atoms with Crippen molar-refractivity contribution >= 4 is 36.6 Å². The van der Waals surface area contributed by atoms with Gasteiger partial charge in [-0.05, 0) is 103 Å². The van der Waals surface area contributed by atoms with Crippen LogP contribution < -0.4 is 5.32 Å². The van der Waals surface area contributed by atoms with Gasteiger partial charge >= 0.3 is 0 Å². The minimum absolute atomic E-state index is 0.0626. The summed E-state index contributed by atoms with van der Waals surface area (Å²) in [5.41, 5.74) is 7.86. The fourth-order valence-electron chi connectivity index (χ4n) is 5.51. The highest BCUT2D eigenvalue weighted by molar-refractivity contribution is 7.91. The van der Waals surface area contributed by atoms with Crippen LogP contribution in [0.15, 0.2) is 64.4 Å². The number of amides is 1. The Morgan fingerprint density at radius 3 is 1.98 bits per heavy atom. The van der Waals surface area contributed by atoms with Crippen molar-refractivity contribution in [2.75, 3.05) is 12.8 Å². The number of hydrogen-bond acceptors (Lipinski definition) is 5. The molecule has 0 atom stereocenters. The molecule has 0 aliphatic carbocycles. The van der Waals surface area contributed by atoms with E-state index in [0.717, 1.165) is 64.1 Å². The monoisotopic (exact) mass is 607 g/mol. The Hall–Kier alpha value is -3.53. The molecule has 0 bridgehead atoms. The smallest absolute Gasteiger partial charge is 0.295 e. The molecule has 0 spiro atoms. The predicted octanol–water partition coefficient (Wildman–Crippen LogP) is 6.51. The summed E-state index contributed by atoms with van der Waals surface area (Å²) in [7, 11) is -8.41. The predicted molar refractivity (Wildman–Crippen MR) is 168 cm³/mol. The molecule has 4 aromatic carbocycles. The van der Waals surface area contributed by atoms with Crippen LogP contribution in [0.2, 0.25) is 0 Å². The van der Waals surface area contributed by atoms with E-state index < -0.39 is 24.9 Å². The maximum atomic E-state index is 12.5. The van der Waals surface area contributed by atoms with Crippen LogP contribution in [-0.2, 0) is 26.4 Å². The lowest BCUT2D eigenvalue weighted by Crippen LogP contribution is -2.25. The van der Waals surface area contributed by atoms with E-state index in [4.69, 9.17) is 0 Å². The first-order valence-corrected chi connectivity index (χ1v) is 17.2. The minimum Gasteiger partial charge on any atom is -0.352 e. The van der Waals surface area contributed by atoms with Gasteiger partial charge < -0.3 is 5.32 Å². The number of carbonyl (C=O) groups excluding carboxylic acids is 1. The number of benzene rings is 4. The van der Waals surface area contributed by atoms with Crippen LogP contribution in [0, 0.1) is 27.7 Å². The SMILES string of the molecule is CCCCNC(=O)c1ccc(-c2ccc(Cc3ccc4c(S(=O)(=O)O)cc(S(C)(=O)=O)c(C)c4c3C)c(C)c2)cc1C. The van der Waals surface area contributed by atoms with Crippen molar-refractivity contribution in [2.45, 2.75) is 63.7 Å². The molecule has 7 nitrogen and oxygen atoms in total. The number of aryl methyl sites for hydroxylation is 4. The molecule has 0 aromatic heterocycles. The average molecular weight is 608 g/mol. The lowest BCUT2D eigenvalue weighted by atomic mass is 9.90. The third-order valence-electron chi connectivity index (χ3n) is 7.87. The van der Waals surface area contributed by atoms with Crippen molar-refractivity contribution in [1.29, 1.82) is 0 Å². The zero-order valence-electron chi connectivity index (χ0n) is 24.8. The third-order valence-corrected chi connectivity index (χ3v) is 9.99. The van der Waals surface area contributed by atoms with Crippen LogP contribution in [0.1, 0.15) is 63.5 Å². The van der Waals surface area contributed by atoms with Gasteiger partial charge in [-0.15, -0.1) is 0 Å². The summed E-state index contributed by atoms with van der Waals surface area (Å²) in [4.78, 5) is 12.0. The average Bonchev–Trinajstić information content (AvgIpc) is 2.89. The molecular formula is C33H37NO6S2. The fraction of sp³-hybridized carbons (Fsp3) is 0.303. The molecule has 0 saturated carbocycles. The van der Waals surface area contributed by atoms with Crippen LogP contribution in [0.25, 0.3) is 21.9 Å². The van der Waals surface area contributed by atoms with Crippen LogP contribution in [-0.4, -0.2) is 40.1 Å². The highest BCUT2D eigenvalue weighted by atomic mass is 32.2. The Morgan fingerprint density at radius 1 is 0.786 bits per heavy atom. The van der Waals surface area contributed by atoms with Gasteiger partial charge in [0.2, 0.25) is 0 Å². The van der Waals surface area contributed by atoms with Crippen LogP contribution in [0.4, 0.5) is 0 Å². The second-order valence-corrected chi connectivity index (χ2v) is 14.3. The molecule has 0 fully saturated rings. The summed E-state index contributed by atoms with van der Waals surface area (Å²) in [5.74, 6) is -0.0626. The first-order valence-electron chi connectivity index (χ1n) is 13.9. The largest absolute Gasteiger partial charge is 0.352 e. The lowest BCUT2D eigenvalue weighted by molar-refractivity contribution is 0.0952. The molecule has 4 rings (SSSR count). The van der Waals surface area contributed by atoms with E-state index in [1.54, 1.807) is 13.0 Å². The summed E-state index contributed by atoms with van der Waals surface area (Å²) in [5, 5.41) is 3.76. The molecule has 0 radical (unpaired) electrons. The molecule has 0 aliphatic rings. The molecule has 4 aromatic rings. The van der Waals surface area contributed by atoms with Crippen LogP contribution in [0.5, 0.6) is 0 Å². The Kier molecular flexibility index (Phi) is 8.97. The van der Waals surface area contributed by atoms with Crippen LogP contribution >= 0.6 is 0 Å². The Labute approximate surface area is 248 Å². The van der Waals surface area contributed by atoms with Crippen molar-refractivity contribution in [3.8, 4) is 11.1 Å². The maximum Gasteiger partial charge on any atom is 0.295 e. The van der Waals surface area contributed by atoms with E-state index in [1.807, 2.05) is 51.1 Å². The third kappa shape index (κ3) is 6.43. The highest BCUT2D eigenvalue weighted by Gasteiger charge is 2.24. The van der Waals surface area contributed by atoms with Crippen molar-refractivity contribution in [2.24, 2.45) is 0 Å². The van der Waals surface area contributed by atoms with E-state index >= 15 is 0 Å². The van der Waals surface area contributed by atoms with Crippen molar-refractivity contribution in [3.63, 3.8) is 0 Å². The minimum atomic E-state index is -4.66. The highest BCUT2D eigenvalue weighted by Crippen LogP contribution is 2.36. The van der Waals surface area contributed by atoms with E-state index in [2.05, 4.69) is 24.4 Å². The van der Waals surface area contributed by atoms with Gasteiger partial charge in [-0.2, -0.15) is 8.42 Å². The van der Waals surface area contributed by atoms with E-state index in [0.29, 0.717) is 29.5 Å². The summed E-state index contributed by atoms with van der Waals surface area (Å²) >= 11 is 0. The Morgan fingerprint density at radius 2 is 1.40 bits per heavy atom. The van der Waals surface area contributed by atoms with Gasteiger partial charge in [0.15, 0.2) is 9.84 Å². The fourth-order valence-corrected chi connectivity index (χ4v) is 7.29.